The third-order valence-electron chi connectivity index (χ3n) is 4.08. The summed E-state index contributed by atoms with van der Waals surface area (Å²) in [5.41, 5.74) is 2.00. The van der Waals surface area contributed by atoms with Crippen LogP contribution >= 0.6 is 34.7 Å². The Hall–Kier alpha value is -3.14. The van der Waals surface area contributed by atoms with E-state index in [1.54, 1.807) is 53.4 Å². The number of anilines is 2. The summed E-state index contributed by atoms with van der Waals surface area (Å²) in [5.74, 6) is -0.243. The molecule has 0 fully saturated rings. The van der Waals surface area contributed by atoms with Crippen LogP contribution in [-0.2, 0) is 4.79 Å². The molecule has 0 atom stereocenters. The lowest BCUT2D eigenvalue weighted by Gasteiger charge is -2.09. The van der Waals surface area contributed by atoms with Crippen molar-refractivity contribution in [3.05, 3.63) is 82.3 Å². The van der Waals surface area contributed by atoms with Gasteiger partial charge in [-0.3, -0.25) is 14.2 Å². The average molecular weight is 470 g/mol. The van der Waals surface area contributed by atoms with Gasteiger partial charge in [-0.25, -0.2) is 0 Å². The van der Waals surface area contributed by atoms with E-state index in [-0.39, 0.29) is 17.6 Å². The van der Waals surface area contributed by atoms with Gasteiger partial charge in [-0.1, -0.05) is 41.6 Å². The zero-order valence-electron chi connectivity index (χ0n) is 16.0. The molecule has 2 aromatic carbocycles. The molecule has 4 aromatic rings. The first-order chi connectivity index (χ1) is 15.1. The third-order valence-corrected chi connectivity index (χ3v) is 6.13. The number of hydrogen-bond acceptors (Lipinski definition) is 6. The van der Waals surface area contributed by atoms with Gasteiger partial charge >= 0.3 is 0 Å². The Kier molecular flexibility index (Phi) is 6.66. The van der Waals surface area contributed by atoms with Gasteiger partial charge in [-0.05, 0) is 47.8 Å². The van der Waals surface area contributed by atoms with Crippen LogP contribution in [0.1, 0.15) is 9.67 Å². The number of thioether (sulfide) groups is 1. The zero-order chi connectivity index (χ0) is 21.6. The van der Waals surface area contributed by atoms with Crippen molar-refractivity contribution in [1.82, 2.24) is 14.8 Å². The van der Waals surface area contributed by atoms with Gasteiger partial charge in [0.1, 0.15) is 6.33 Å². The smallest absolute Gasteiger partial charge is 0.265 e. The van der Waals surface area contributed by atoms with Crippen LogP contribution in [-0.4, -0.2) is 32.3 Å². The van der Waals surface area contributed by atoms with Crippen LogP contribution in [0.2, 0.25) is 5.02 Å². The molecule has 2 amide bonds. The monoisotopic (exact) mass is 469 g/mol. The van der Waals surface area contributed by atoms with E-state index >= 15 is 0 Å². The summed E-state index contributed by atoms with van der Waals surface area (Å²) in [6, 6.07) is 17.9. The summed E-state index contributed by atoms with van der Waals surface area (Å²) in [6.45, 7) is 0. The van der Waals surface area contributed by atoms with Gasteiger partial charge in [-0.15, -0.1) is 21.5 Å². The van der Waals surface area contributed by atoms with Gasteiger partial charge < -0.3 is 10.6 Å². The summed E-state index contributed by atoms with van der Waals surface area (Å²) < 4.78 is 1.77. The quantitative estimate of drug-likeness (QED) is 0.373. The van der Waals surface area contributed by atoms with Gasteiger partial charge in [-0.2, -0.15) is 0 Å². The maximum atomic E-state index is 12.4. The SMILES string of the molecule is O=C(CSc1nncn1-c1cccc(Cl)c1)Nc1cccc(NC(=O)c2cccs2)c1. The lowest BCUT2D eigenvalue weighted by Crippen LogP contribution is -2.15. The molecule has 0 saturated carbocycles. The van der Waals surface area contributed by atoms with Crippen LogP contribution in [0, 0.1) is 0 Å². The van der Waals surface area contributed by atoms with Crippen molar-refractivity contribution in [2.75, 3.05) is 16.4 Å². The van der Waals surface area contributed by atoms with Crippen molar-refractivity contribution in [2.45, 2.75) is 5.16 Å². The number of thiophene rings is 1. The molecule has 0 aliphatic heterocycles. The van der Waals surface area contributed by atoms with Gasteiger partial charge in [0, 0.05) is 16.4 Å². The van der Waals surface area contributed by atoms with E-state index in [0.29, 0.717) is 26.4 Å². The molecule has 0 saturated heterocycles. The van der Waals surface area contributed by atoms with Crippen LogP contribution in [0.5, 0.6) is 0 Å². The second-order valence-electron chi connectivity index (χ2n) is 6.31. The van der Waals surface area contributed by atoms with Crippen molar-refractivity contribution >= 4 is 57.9 Å². The minimum atomic E-state index is -0.202. The summed E-state index contributed by atoms with van der Waals surface area (Å²) >= 11 is 8.68. The van der Waals surface area contributed by atoms with E-state index in [1.807, 2.05) is 23.6 Å². The first kappa shape index (κ1) is 21.1. The van der Waals surface area contributed by atoms with Crippen molar-refractivity contribution in [3.63, 3.8) is 0 Å². The summed E-state index contributed by atoms with van der Waals surface area (Å²) in [4.78, 5) is 25.3. The molecule has 0 radical (unpaired) electrons. The van der Waals surface area contributed by atoms with E-state index in [2.05, 4.69) is 20.8 Å². The molecule has 7 nitrogen and oxygen atoms in total. The Morgan fingerprint density at radius 3 is 2.61 bits per heavy atom. The highest BCUT2D eigenvalue weighted by Gasteiger charge is 2.12. The Bertz CT molecular complexity index is 1210. The number of aromatic nitrogens is 3. The fourth-order valence-corrected chi connectivity index (χ4v) is 4.26. The Balaban J connectivity index is 1.36. The van der Waals surface area contributed by atoms with E-state index in [9.17, 15) is 9.59 Å². The Morgan fingerprint density at radius 2 is 1.84 bits per heavy atom. The number of nitrogens with zero attached hydrogens (tertiary/aromatic N) is 3. The minimum absolute atomic E-state index is 0.144. The number of hydrogen-bond donors (Lipinski definition) is 2. The fourth-order valence-electron chi connectivity index (χ4n) is 2.73. The highest BCUT2D eigenvalue weighted by Crippen LogP contribution is 2.22. The number of rotatable bonds is 7. The molecule has 0 aliphatic rings. The molecule has 0 bridgehead atoms. The van der Waals surface area contributed by atoms with Gasteiger partial charge in [0.2, 0.25) is 5.91 Å². The average Bonchev–Trinajstić information content (AvgIpc) is 3.45. The van der Waals surface area contributed by atoms with Crippen molar-refractivity contribution in [3.8, 4) is 5.69 Å². The fraction of sp³-hybridized carbons (Fsp3) is 0.0476. The molecule has 10 heteroatoms. The molecule has 2 N–H and O–H groups in total. The summed E-state index contributed by atoms with van der Waals surface area (Å²) in [5, 5.41) is 16.7. The number of carbonyl (C=O) groups excluding carboxylic acids is 2. The van der Waals surface area contributed by atoms with Crippen LogP contribution in [0.15, 0.2) is 77.5 Å². The molecule has 2 heterocycles. The first-order valence-electron chi connectivity index (χ1n) is 9.12. The number of amides is 2. The number of halogens is 1. The van der Waals surface area contributed by atoms with E-state index in [0.717, 1.165) is 5.69 Å². The molecule has 0 spiro atoms. The van der Waals surface area contributed by atoms with Gasteiger partial charge in [0.15, 0.2) is 5.16 Å². The molecular formula is C21H16ClN5O2S2. The second-order valence-corrected chi connectivity index (χ2v) is 8.64. The molecule has 156 valence electrons. The van der Waals surface area contributed by atoms with Crippen LogP contribution in [0.4, 0.5) is 11.4 Å². The van der Waals surface area contributed by atoms with Crippen molar-refractivity contribution in [2.24, 2.45) is 0 Å². The molecule has 4 rings (SSSR count). The highest BCUT2D eigenvalue weighted by molar-refractivity contribution is 7.99. The number of benzene rings is 2. The molecule has 0 aliphatic carbocycles. The Labute approximate surface area is 191 Å². The maximum absolute atomic E-state index is 12.4. The molecular weight excluding hydrogens is 454 g/mol. The minimum Gasteiger partial charge on any atom is -0.325 e. The summed E-state index contributed by atoms with van der Waals surface area (Å²) in [7, 11) is 0. The van der Waals surface area contributed by atoms with Crippen molar-refractivity contribution in [1.29, 1.82) is 0 Å². The zero-order valence-corrected chi connectivity index (χ0v) is 18.4. The lowest BCUT2D eigenvalue weighted by molar-refractivity contribution is -0.113. The first-order valence-corrected chi connectivity index (χ1v) is 11.4. The van der Waals surface area contributed by atoms with E-state index in [1.165, 1.54) is 23.1 Å². The summed E-state index contributed by atoms with van der Waals surface area (Å²) in [6.07, 6.45) is 1.58. The topological polar surface area (TPSA) is 88.9 Å². The number of nitrogens with one attached hydrogen (secondary N) is 2. The number of carbonyl (C=O) groups is 2. The largest absolute Gasteiger partial charge is 0.325 e. The maximum Gasteiger partial charge on any atom is 0.265 e. The predicted octanol–water partition coefficient (Wildman–Crippen LogP) is 4.97. The van der Waals surface area contributed by atoms with E-state index < -0.39 is 0 Å². The van der Waals surface area contributed by atoms with E-state index in [4.69, 9.17) is 11.6 Å². The second kappa shape index (κ2) is 9.78. The highest BCUT2D eigenvalue weighted by atomic mass is 35.5. The van der Waals surface area contributed by atoms with Gasteiger partial charge in [0.05, 0.1) is 16.3 Å². The normalized spacial score (nSPS) is 10.6. The van der Waals surface area contributed by atoms with Crippen LogP contribution < -0.4 is 10.6 Å². The molecule has 2 aromatic heterocycles. The third kappa shape index (κ3) is 5.52. The van der Waals surface area contributed by atoms with Crippen LogP contribution in [0.3, 0.4) is 0 Å². The Morgan fingerprint density at radius 1 is 1.03 bits per heavy atom. The molecule has 31 heavy (non-hydrogen) atoms. The van der Waals surface area contributed by atoms with Crippen LogP contribution in [0.25, 0.3) is 5.69 Å². The molecule has 0 unspecified atom stereocenters. The van der Waals surface area contributed by atoms with Crippen molar-refractivity contribution < 1.29 is 9.59 Å². The predicted molar refractivity (Wildman–Crippen MR) is 124 cm³/mol. The standard InChI is InChI=1S/C21H16ClN5O2S2/c22-14-4-1-7-17(10-14)27-13-23-26-21(27)31-12-19(28)24-15-5-2-6-16(11-15)25-20(29)18-8-3-9-30-18/h1-11,13H,12H2,(H,24,28)(H,25,29). The van der Waals surface area contributed by atoms with Gasteiger partial charge in [0.25, 0.3) is 5.91 Å². The lowest BCUT2D eigenvalue weighted by atomic mass is 10.2.